The normalized spacial score (nSPS) is 18.6. The number of hydrogen-bond acceptors (Lipinski definition) is 4. The average Bonchev–Trinajstić information content (AvgIpc) is 2.52. The highest BCUT2D eigenvalue weighted by atomic mass is 16.3. The van der Waals surface area contributed by atoms with Crippen LogP contribution in [0.1, 0.15) is 42.2 Å². The summed E-state index contributed by atoms with van der Waals surface area (Å²) in [6.45, 7) is 6.40. The molecule has 1 aliphatic heterocycles. The van der Waals surface area contributed by atoms with E-state index in [4.69, 9.17) is 0 Å². The van der Waals surface area contributed by atoms with Crippen molar-refractivity contribution in [2.24, 2.45) is 5.92 Å². The first-order chi connectivity index (χ1) is 10.2. The lowest BCUT2D eigenvalue weighted by Gasteiger charge is -2.32. The number of hydrogen-bond donors (Lipinski definition) is 2. The maximum absolute atomic E-state index is 12.7. The second kappa shape index (κ2) is 7.41. The molecule has 0 radical (unpaired) electrons. The molecule has 0 aliphatic carbocycles. The molecule has 1 aromatic heterocycles. The fraction of sp³-hybridized carbons (Fsp3) is 0.625. The van der Waals surface area contributed by atoms with Gasteiger partial charge in [0.15, 0.2) is 0 Å². The lowest BCUT2D eigenvalue weighted by Crippen LogP contribution is -2.41. The van der Waals surface area contributed by atoms with E-state index in [1.54, 1.807) is 6.20 Å². The Morgan fingerprint density at radius 1 is 1.57 bits per heavy atom. The monoisotopic (exact) mass is 291 g/mol. The van der Waals surface area contributed by atoms with Crippen LogP contribution in [-0.4, -0.2) is 47.1 Å². The van der Waals surface area contributed by atoms with Gasteiger partial charge in [-0.3, -0.25) is 9.78 Å². The number of rotatable bonds is 5. The Bertz CT molecular complexity index is 490. The molecule has 2 heterocycles. The predicted octanol–water partition coefficient (Wildman–Crippen LogP) is 2.06. The Morgan fingerprint density at radius 3 is 3.10 bits per heavy atom. The van der Waals surface area contributed by atoms with Crippen LogP contribution in [-0.2, 0) is 0 Å². The zero-order valence-electron chi connectivity index (χ0n) is 12.9. The van der Waals surface area contributed by atoms with Crippen LogP contribution in [0.25, 0.3) is 0 Å². The van der Waals surface area contributed by atoms with Crippen molar-refractivity contribution < 1.29 is 9.90 Å². The number of nitrogens with one attached hydrogen (secondary N) is 1. The number of aliphatic hydroxyl groups excluding tert-OH is 1. The Balaban J connectivity index is 2.17. The number of carbonyl (C=O) groups excluding carboxylic acids is 1. The highest BCUT2D eigenvalue weighted by Gasteiger charge is 2.25. The van der Waals surface area contributed by atoms with Crippen molar-refractivity contribution in [3.63, 3.8) is 0 Å². The van der Waals surface area contributed by atoms with Crippen molar-refractivity contribution in [3.8, 4) is 0 Å². The predicted molar refractivity (Wildman–Crippen MR) is 83.5 cm³/mol. The van der Waals surface area contributed by atoms with Crippen LogP contribution in [0.3, 0.4) is 0 Å². The summed E-state index contributed by atoms with van der Waals surface area (Å²) >= 11 is 0. The van der Waals surface area contributed by atoms with Gasteiger partial charge >= 0.3 is 0 Å². The first-order valence-electron chi connectivity index (χ1n) is 7.76. The quantitative estimate of drug-likeness (QED) is 0.871. The standard InChI is InChI=1S/C16H25N3O2/c1-3-6-17-15-8-12(2)18-9-14(15)16(21)19-7-4-5-13(10-19)11-20/h8-9,13,20H,3-7,10-11H2,1-2H3,(H,17,18). The Kier molecular flexibility index (Phi) is 5.56. The van der Waals surface area contributed by atoms with Gasteiger partial charge in [-0.25, -0.2) is 0 Å². The molecular formula is C16H25N3O2. The smallest absolute Gasteiger partial charge is 0.257 e. The number of aryl methyl sites for hydroxylation is 1. The highest BCUT2D eigenvalue weighted by molar-refractivity contribution is 5.99. The van der Waals surface area contributed by atoms with E-state index in [-0.39, 0.29) is 18.4 Å². The lowest BCUT2D eigenvalue weighted by molar-refractivity contribution is 0.0621. The minimum absolute atomic E-state index is 0.0132. The molecule has 1 atom stereocenters. The van der Waals surface area contributed by atoms with Crippen molar-refractivity contribution in [1.29, 1.82) is 0 Å². The van der Waals surface area contributed by atoms with Crippen molar-refractivity contribution in [2.75, 3.05) is 31.6 Å². The fourth-order valence-corrected chi connectivity index (χ4v) is 2.71. The maximum atomic E-state index is 12.7. The van der Waals surface area contributed by atoms with E-state index >= 15 is 0 Å². The SMILES string of the molecule is CCCNc1cc(C)ncc1C(=O)N1CCCC(CO)C1. The Labute approximate surface area is 126 Å². The zero-order chi connectivity index (χ0) is 15.2. The maximum Gasteiger partial charge on any atom is 0.257 e. The van der Waals surface area contributed by atoms with Gasteiger partial charge in [-0.05, 0) is 38.2 Å². The van der Waals surface area contributed by atoms with Gasteiger partial charge < -0.3 is 15.3 Å². The summed E-state index contributed by atoms with van der Waals surface area (Å²) in [7, 11) is 0. The van der Waals surface area contributed by atoms with Crippen LogP contribution in [0.2, 0.25) is 0 Å². The minimum atomic E-state index is 0.0132. The van der Waals surface area contributed by atoms with Gasteiger partial charge in [-0.1, -0.05) is 6.92 Å². The molecule has 1 amide bonds. The summed E-state index contributed by atoms with van der Waals surface area (Å²) in [6, 6.07) is 1.93. The first kappa shape index (κ1) is 15.8. The van der Waals surface area contributed by atoms with E-state index in [9.17, 15) is 9.90 Å². The van der Waals surface area contributed by atoms with Crippen molar-refractivity contribution in [2.45, 2.75) is 33.1 Å². The van der Waals surface area contributed by atoms with Gasteiger partial charge in [0.05, 0.1) is 11.3 Å². The Morgan fingerprint density at radius 2 is 2.38 bits per heavy atom. The number of carbonyl (C=O) groups is 1. The lowest BCUT2D eigenvalue weighted by atomic mass is 9.98. The average molecular weight is 291 g/mol. The fourth-order valence-electron chi connectivity index (χ4n) is 2.71. The van der Waals surface area contributed by atoms with Crippen LogP contribution in [0.15, 0.2) is 12.3 Å². The summed E-state index contributed by atoms with van der Waals surface area (Å²) in [5.41, 5.74) is 2.39. The third kappa shape index (κ3) is 3.94. The molecule has 0 aromatic carbocycles. The summed E-state index contributed by atoms with van der Waals surface area (Å²) < 4.78 is 0. The molecule has 21 heavy (non-hydrogen) atoms. The van der Waals surface area contributed by atoms with Crippen LogP contribution in [0.4, 0.5) is 5.69 Å². The van der Waals surface area contributed by atoms with E-state index < -0.39 is 0 Å². The molecule has 1 saturated heterocycles. The molecule has 1 aliphatic rings. The summed E-state index contributed by atoms with van der Waals surface area (Å²) in [6.07, 6.45) is 4.62. The second-order valence-corrected chi connectivity index (χ2v) is 5.74. The molecule has 0 saturated carbocycles. The number of anilines is 1. The minimum Gasteiger partial charge on any atom is -0.396 e. The van der Waals surface area contributed by atoms with E-state index in [2.05, 4.69) is 17.2 Å². The van der Waals surface area contributed by atoms with Crippen molar-refractivity contribution in [1.82, 2.24) is 9.88 Å². The topological polar surface area (TPSA) is 65.5 Å². The van der Waals surface area contributed by atoms with Crippen LogP contribution in [0.5, 0.6) is 0 Å². The largest absolute Gasteiger partial charge is 0.396 e. The summed E-state index contributed by atoms with van der Waals surface area (Å²) in [5.74, 6) is 0.215. The van der Waals surface area contributed by atoms with Crippen LogP contribution >= 0.6 is 0 Å². The zero-order valence-corrected chi connectivity index (χ0v) is 12.9. The number of nitrogens with zero attached hydrogens (tertiary/aromatic N) is 2. The molecule has 1 fully saturated rings. The van der Waals surface area contributed by atoms with Gasteiger partial charge in [0, 0.05) is 38.1 Å². The van der Waals surface area contributed by atoms with E-state index in [0.29, 0.717) is 12.1 Å². The third-order valence-corrected chi connectivity index (χ3v) is 3.90. The summed E-state index contributed by atoms with van der Waals surface area (Å²) in [5, 5.41) is 12.6. The molecule has 5 heteroatoms. The number of piperidine rings is 1. The molecule has 1 aromatic rings. The molecular weight excluding hydrogens is 266 g/mol. The first-order valence-corrected chi connectivity index (χ1v) is 7.76. The molecule has 0 spiro atoms. The van der Waals surface area contributed by atoms with Gasteiger partial charge in [0.2, 0.25) is 0 Å². The van der Waals surface area contributed by atoms with Crippen molar-refractivity contribution in [3.05, 3.63) is 23.5 Å². The number of likely N-dealkylation sites (tertiary alicyclic amines) is 1. The molecule has 2 N–H and O–H groups in total. The van der Waals surface area contributed by atoms with E-state index in [1.165, 1.54) is 0 Å². The highest BCUT2D eigenvalue weighted by Crippen LogP contribution is 2.22. The van der Waals surface area contributed by atoms with E-state index in [0.717, 1.165) is 43.7 Å². The van der Waals surface area contributed by atoms with Crippen LogP contribution < -0.4 is 5.32 Å². The number of aliphatic hydroxyl groups is 1. The number of pyridine rings is 1. The summed E-state index contributed by atoms with van der Waals surface area (Å²) in [4.78, 5) is 18.8. The van der Waals surface area contributed by atoms with Crippen LogP contribution in [0, 0.1) is 12.8 Å². The Hall–Kier alpha value is -1.62. The number of aromatic nitrogens is 1. The van der Waals surface area contributed by atoms with Gasteiger partial charge in [-0.2, -0.15) is 0 Å². The van der Waals surface area contributed by atoms with Gasteiger partial charge in [0.1, 0.15) is 0 Å². The molecule has 1 unspecified atom stereocenters. The molecule has 2 rings (SSSR count). The third-order valence-electron chi connectivity index (χ3n) is 3.90. The van der Waals surface area contributed by atoms with Gasteiger partial charge in [-0.15, -0.1) is 0 Å². The number of amides is 1. The molecule has 116 valence electrons. The molecule has 0 bridgehead atoms. The molecule has 5 nitrogen and oxygen atoms in total. The van der Waals surface area contributed by atoms with Crippen molar-refractivity contribution >= 4 is 11.6 Å². The second-order valence-electron chi connectivity index (χ2n) is 5.74. The van der Waals surface area contributed by atoms with Gasteiger partial charge in [0.25, 0.3) is 5.91 Å². The van der Waals surface area contributed by atoms with E-state index in [1.807, 2.05) is 17.9 Å².